The van der Waals surface area contributed by atoms with E-state index in [1.807, 2.05) is 35.7 Å². The lowest BCUT2D eigenvalue weighted by Gasteiger charge is -2.03. The van der Waals surface area contributed by atoms with Crippen LogP contribution in [0.15, 0.2) is 64.9 Å². The monoisotopic (exact) mass is 283 g/mol. The van der Waals surface area contributed by atoms with Crippen LogP contribution in [0.3, 0.4) is 0 Å². The smallest absolute Gasteiger partial charge is 0.248 e. The van der Waals surface area contributed by atoms with Crippen LogP contribution in [0, 0.1) is 13.8 Å². The summed E-state index contributed by atoms with van der Waals surface area (Å²) in [6.45, 7) is 4.13. The molecule has 0 bridgehead atoms. The topological polar surface area (TPSA) is 29.1 Å². The lowest BCUT2D eigenvalue weighted by molar-refractivity contribution is -0.111. The van der Waals surface area contributed by atoms with E-state index >= 15 is 0 Å². The number of carbonyl (C=O) groups is 1. The van der Waals surface area contributed by atoms with Gasteiger partial charge in [-0.05, 0) is 48.6 Å². The van der Waals surface area contributed by atoms with E-state index < -0.39 is 0 Å². The summed E-state index contributed by atoms with van der Waals surface area (Å²) < 4.78 is 0. The zero-order chi connectivity index (χ0) is 14.4. The largest absolute Gasteiger partial charge is 0.322 e. The standard InChI is InChI=1S/C17H17NOS/c1-13-8-9-14(2)16(12-13)20-11-10-17(19)18-15-6-4-3-5-7-15/h3-12H,1-2H3,(H,18,19). The molecule has 2 aromatic carbocycles. The van der Waals surface area contributed by atoms with E-state index in [1.165, 1.54) is 16.0 Å². The van der Waals surface area contributed by atoms with Gasteiger partial charge in [0.1, 0.15) is 0 Å². The Morgan fingerprint density at radius 3 is 2.60 bits per heavy atom. The SMILES string of the molecule is Cc1ccc(C)c(SC=CC(=O)Nc2ccccc2)c1. The maximum atomic E-state index is 11.7. The van der Waals surface area contributed by atoms with Crippen LogP contribution in [0.25, 0.3) is 0 Å². The number of nitrogens with one attached hydrogen (secondary N) is 1. The Bertz CT molecular complexity index is 620. The summed E-state index contributed by atoms with van der Waals surface area (Å²) in [7, 11) is 0. The molecule has 2 aromatic rings. The van der Waals surface area contributed by atoms with Crippen molar-refractivity contribution in [2.75, 3.05) is 5.32 Å². The van der Waals surface area contributed by atoms with E-state index in [2.05, 4.69) is 37.4 Å². The zero-order valence-electron chi connectivity index (χ0n) is 11.6. The average Bonchev–Trinajstić information content (AvgIpc) is 2.44. The molecule has 0 fully saturated rings. The molecule has 1 N–H and O–H groups in total. The van der Waals surface area contributed by atoms with Gasteiger partial charge in [0.15, 0.2) is 0 Å². The lowest BCUT2D eigenvalue weighted by atomic mass is 10.2. The first-order valence-corrected chi connectivity index (χ1v) is 7.29. The molecule has 0 aliphatic rings. The van der Waals surface area contributed by atoms with Crippen LogP contribution in [-0.4, -0.2) is 5.91 Å². The van der Waals surface area contributed by atoms with Gasteiger partial charge in [0.2, 0.25) is 5.91 Å². The normalized spacial score (nSPS) is 10.7. The van der Waals surface area contributed by atoms with Gasteiger partial charge in [0.05, 0.1) is 0 Å². The lowest BCUT2D eigenvalue weighted by Crippen LogP contribution is -2.07. The van der Waals surface area contributed by atoms with Gasteiger partial charge in [-0.1, -0.05) is 42.1 Å². The molecular formula is C17H17NOS. The molecule has 0 radical (unpaired) electrons. The predicted molar refractivity (Wildman–Crippen MR) is 86.0 cm³/mol. The summed E-state index contributed by atoms with van der Waals surface area (Å²) >= 11 is 1.56. The molecule has 2 nitrogen and oxygen atoms in total. The van der Waals surface area contributed by atoms with Crippen LogP contribution >= 0.6 is 11.8 Å². The van der Waals surface area contributed by atoms with Gasteiger partial charge in [0.25, 0.3) is 0 Å². The van der Waals surface area contributed by atoms with Gasteiger partial charge in [0, 0.05) is 16.7 Å². The second-order valence-electron chi connectivity index (χ2n) is 4.54. The second-order valence-corrected chi connectivity index (χ2v) is 5.49. The number of benzene rings is 2. The number of aryl methyl sites for hydroxylation is 2. The highest BCUT2D eigenvalue weighted by Crippen LogP contribution is 2.24. The van der Waals surface area contributed by atoms with Crippen molar-refractivity contribution in [1.29, 1.82) is 0 Å². The summed E-state index contributed by atoms with van der Waals surface area (Å²) in [5, 5.41) is 4.63. The number of hydrogen-bond donors (Lipinski definition) is 1. The fraction of sp³-hybridized carbons (Fsp3) is 0.118. The van der Waals surface area contributed by atoms with Gasteiger partial charge < -0.3 is 5.32 Å². The van der Waals surface area contributed by atoms with Crippen LogP contribution in [0.2, 0.25) is 0 Å². The summed E-state index contributed by atoms with van der Waals surface area (Å²) in [6.07, 6.45) is 1.56. The average molecular weight is 283 g/mol. The van der Waals surface area contributed by atoms with Gasteiger partial charge >= 0.3 is 0 Å². The predicted octanol–water partition coefficient (Wildman–Crippen LogP) is 4.55. The van der Waals surface area contributed by atoms with Crippen LogP contribution in [-0.2, 0) is 4.79 Å². The summed E-state index contributed by atoms with van der Waals surface area (Å²) in [5.41, 5.74) is 3.24. The summed E-state index contributed by atoms with van der Waals surface area (Å²) in [4.78, 5) is 12.9. The van der Waals surface area contributed by atoms with Crippen LogP contribution in [0.4, 0.5) is 5.69 Å². The van der Waals surface area contributed by atoms with E-state index in [4.69, 9.17) is 0 Å². The third-order valence-corrected chi connectivity index (χ3v) is 3.77. The number of amides is 1. The second kappa shape index (κ2) is 6.96. The van der Waals surface area contributed by atoms with Crippen LogP contribution < -0.4 is 5.32 Å². The number of para-hydroxylation sites is 1. The molecule has 0 spiro atoms. The van der Waals surface area contributed by atoms with Gasteiger partial charge in [-0.3, -0.25) is 4.79 Å². The molecule has 0 saturated carbocycles. The minimum atomic E-state index is -0.117. The van der Waals surface area contributed by atoms with Gasteiger partial charge in [-0.25, -0.2) is 0 Å². The van der Waals surface area contributed by atoms with Crippen LogP contribution in [0.5, 0.6) is 0 Å². The van der Waals surface area contributed by atoms with Crippen molar-refractivity contribution in [2.24, 2.45) is 0 Å². The molecule has 2 rings (SSSR count). The number of thioether (sulfide) groups is 1. The maximum absolute atomic E-state index is 11.7. The molecule has 0 atom stereocenters. The van der Waals surface area contributed by atoms with Crippen molar-refractivity contribution < 1.29 is 4.79 Å². The maximum Gasteiger partial charge on any atom is 0.248 e. The molecule has 0 aromatic heterocycles. The van der Waals surface area contributed by atoms with Crippen molar-refractivity contribution in [3.8, 4) is 0 Å². The molecule has 102 valence electrons. The van der Waals surface area contributed by atoms with E-state index in [1.54, 1.807) is 17.8 Å². The first-order valence-electron chi connectivity index (χ1n) is 6.41. The van der Waals surface area contributed by atoms with Gasteiger partial charge in [-0.15, -0.1) is 0 Å². The summed E-state index contributed by atoms with van der Waals surface area (Å²) in [5.74, 6) is -0.117. The Balaban J connectivity index is 1.93. The summed E-state index contributed by atoms with van der Waals surface area (Å²) in [6, 6.07) is 15.7. The first kappa shape index (κ1) is 14.4. The molecular weight excluding hydrogens is 266 g/mol. The molecule has 3 heteroatoms. The third-order valence-electron chi connectivity index (χ3n) is 2.80. The Morgan fingerprint density at radius 2 is 1.85 bits per heavy atom. The fourth-order valence-electron chi connectivity index (χ4n) is 1.71. The molecule has 1 amide bonds. The molecule has 0 heterocycles. The van der Waals surface area contributed by atoms with Gasteiger partial charge in [-0.2, -0.15) is 0 Å². The Hall–Kier alpha value is -2.00. The Kier molecular flexibility index (Phi) is 5.02. The first-order chi connectivity index (χ1) is 9.65. The van der Waals surface area contributed by atoms with E-state index in [0.29, 0.717) is 0 Å². The highest BCUT2D eigenvalue weighted by Gasteiger charge is 1.99. The fourth-order valence-corrected chi connectivity index (χ4v) is 2.55. The van der Waals surface area contributed by atoms with Crippen molar-refractivity contribution in [1.82, 2.24) is 0 Å². The number of rotatable bonds is 4. The highest BCUT2D eigenvalue weighted by molar-refractivity contribution is 8.02. The van der Waals surface area contributed by atoms with Crippen molar-refractivity contribution in [3.63, 3.8) is 0 Å². The molecule has 0 saturated heterocycles. The van der Waals surface area contributed by atoms with Crippen LogP contribution in [0.1, 0.15) is 11.1 Å². The van der Waals surface area contributed by atoms with Crippen molar-refractivity contribution >= 4 is 23.4 Å². The molecule has 0 aliphatic carbocycles. The van der Waals surface area contributed by atoms with E-state index in [-0.39, 0.29) is 5.91 Å². The minimum Gasteiger partial charge on any atom is -0.322 e. The van der Waals surface area contributed by atoms with E-state index in [0.717, 1.165) is 5.69 Å². The van der Waals surface area contributed by atoms with Crippen molar-refractivity contribution in [3.05, 3.63) is 71.1 Å². The number of carbonyl (C=O) groups excluding carboxylic acids is 1. The molecule has 0 aliphatic heterocycles. The molecule has 0 unspecified atom stereocenters. The van der Waals surface area contributed by atoms with E-state index in [9.17, 15) is 4.79 Å². The third kappa shape index (κ3) is 4.28. The number of anilines is 1. The zero-order valence-corrected chi connectivity index (χ0v) is 12.4. The number of hydrogen-bond acceptors (Lipinski definition) is 2. The quantitative estimate of drug-likeness (QED) is 0.659. The Labute approximate surface area is 123 Å². The molecule has 20 heavy (non-hydrogen) atoms. The Morgan fingerprint density at radius 1 is 1.10 bits per heavy atom. The minimum absolute atomic E-state index is 0.117. The highest BCUT2D eigenvalue weighted by atomic mass is 32.2. The van der Waals surface area contributed by atoms with Crippen molar-refractivity contribution in [2.45, 2.75) is 18.7 Å².